The van der Waals surface area contributed by atoms with Crippen LogP contribution in [0.25, 0.3) is 11.4 Å². The largest absolute Gasteiger partial charge is 0.345 e. The van der Waals surface area contributed by atoms with Gasteiger partial charge >= 0.3 is 0 Å². The molecule has 1 N–H and O–H groups in total. The van der Waals surface area contributed by atoms with E-state index < -0.39 is 0 Å². The first-order chi connectivity index (χ1) is 6.27. The van der Waals surface area contributed by atoms with Crippen LogP contribution in [0.2, 0.25) is 0 Å². The summed E-state index contributed by atoms with van der Waals surface area (Å²) in [4.78, 5) is 7.26. The van der Waals surface area contributed by atoms with Crippen molar-refractivity contribution in [2.45, 2.75) is 6.92 Å². The van der Waals surface area contributed by atoms with Gasteiger partial charge in [0.25, 0.3) is 0 Å². The van der Waals surface area contributed by atoms with E-state index in [-0.39, 0.29) is 0 Å². The third-order valence-corrected chi connectivity index (χ3v) is 2.53. The molecule has 1 aromatic carbocycles. The highest BCUT2D eigenvalue weighted by molar-refractivity contribution is 9.10. The van der Waals surface area contributed by atoms with Gasteiger partial charge in [0.1, 0.15) is 5.82 Å². The van der Waals surface area contributed by atoms with Crippen molar-refractivity contribution in [1.29, 1.82) is 0 Å². The van der Waals surface area contributed by atoms with Gasteiger partial charge in [0, 0.05) is 22.4 Å². The number of hydrogen-bond donors (Lipinski definition) is 1. The van der Waals surface area contributed by atoms with Crippen molar-refractivity contribution in [3.63, 3.8) is 0 Å². The molecule has 66 valence electrons. The molecule has 1 heterocycles. The lowest BCUT2D eigenvalue weighted by Crippen LogP contribution is -1.83. The highest BCUT2D eigenvalue weighted by Crippen LogP contribution is 2.25. The van der Waals surface area contributed by atoms with Crippen molar-refractivity contribution in [3.05, 3.63) is 40.6 Å². The van der Waals surface area contributed by atoms with E-state index in [4.69, 9.17) is 0 Å². The average Bonchev–Trinajstić information content (AvgIpc) is 2.56. The van der Waals surface area contributed by atoms with Crippen LogP contribution < -0.4 is 0 Å². The first-order valence-corrected chi connectivity index (χ1v) is 4.82. The third-order valence-electron chi connectivity index (χ3n) is 1.88. The van der Waals surface area contributed by atoms with Crippen molar-refractivity contribution in [2.24, 2.45) is 0 Å². The van der Waals surface area contributed by atoms with Crippen LogP contribution in [-0.2, 0) is 0 Å². The minimum absolute atomic E-state index is 0.895. The molecule has 0 aliphatic carbocycles. The summed E-state index contributed by atoms with van der Waals surface area (Å²) in [6.07, 6.45) is 3.57. The summed E-state index contributed by atoms with van der Waals surface area (Å²) in [5.74, 6) is 0.895. The molecule has 0 aliphatic rings. The van der Waals surface area contributed by atoms with Crippen LogP contribution in [0.3, 0.4) is 0 Å². The molecule has 3 heteroatoms. The van der Waals surface area contributed by atoms with Crippen LogP contribution in [0.4, 0.5) is 0 Å². The quantitative estimate of drug-likeness (QED) is 0.810. The molecule has 0 radical (unpaired) electrons. The topological polar surface area (TPSA) is 28.7 Å². The van der Waals surface area contributed by atoms with Crippen LogP contribution in [-0.4, -0.2) is 9.97 Å². The van der Waals surface area contributed by atoms with Crippen molar-refractivity contribution in [3.8, 4) is 11.4 Å². The lowest BCUT2D eigenvalue weighted by Gasteiger charge is -2.01. The molecule has 13 heavy (non-hydrogen) atoms. The lowest BCUT2D eigenvalue weighted by atomic mass is 10.1. The maximum Gasteiger partial charge on any atom is 0.138 e. The molecular weight excluding hydrogens is 228 g/mol. The van der Waals surface area contributed by atoms with E-state index >= 15 is 0 Å². The number of benzene rings is 1. The number of halogens is 1. The predicted molar refractivity (Wildman–Crippen MR) is 56.5 cm³/mol. The fourth-order valence-electron chi connectivity index (χ4n) is 1.22. The molecule has 0 spiro atoms. The summed E-state index contributed by atoms with van der Waals surface area (Å²) in [6.45, 7) is 2.07. The van der Waals surface area contributed by atoms with Gasteiger partial charge in [-0.1, -0.05) is 22.0 Å². The van der Waals surface area contributed by atoms with Gasteiger partial charge in [-0.15, -0.1) is 0 Å². The van der Waals surface area contributed by atoms with Crippen molar-refractivity contribution in [2.75, 3.05) is 0 Å². The van der Waals surface area contributed by atoms with Crippen LogP contribution >= 0.6 is 15.9 Å². The molecule has 0 aliphatic heterocycles. The van der Waals surface area contributed by atoms with E-state index in [1.54, 1.807) is 6.20 Å². The van der Waals surface area contributed by atoms with E-state index in [0.717, 1.165) is 15.9 Å². The molecular formula is C10H9BrN2. The first kappa shape index (κ1) is 8.51. The van der Waals surface area contributed by atoms with Gasteiger partial charge in [-0.05, 0) is 24.6 Å². The highest BCUT2D eigenvalue weighted by atomic mass is 79.9. The average molecular weight is 237 g/mol. The summed E-state index contributed by atoms with van der Waals surface area (Å²) in [7, 11) is 0. The number of aryl methyl sites for hydroxylation is 1. The highest BCUT2D eigenvalue weighted by Gasteiger charge is 2.03. The second-order valence-corrected chi connectivity index (χ2v) is 3.78. The number of nitrogens with one attached hydrogen (secondary N) is 1. The van der Waals surface area contributed by atoms with E-state index in [2.05, 4.69) is 51.0 Å². The summed E-state index contributed by atoms with van der Waals surface area (Å²) >= 11 is 3.51. The van der Waals surface area contributed by atoms with Crippen LogP contribution in [0.5, 0.6) is 0 Å². The molecule has 0 atom stereocenters. The lowest BCUT2D eigenvalue weighted by molar-refractivity contribution is 1.29. The number of nitrogens with zero attached hydrogens (tertiary/aromatic N) is 1. The maximum atomic E-state index is 4.19. The van der Waals surface area contributed by atoms with E-state index in [0.29, 0.717) is 0 Å². The normalized spacial score (nSPS) is 10.3. The monoisotopic (exact) mass is 236 g/mol. The SMILES string of the molecule is Cc1ccc(-c2ncc[nH]2)c(Br)c1. The van der Waals surface area contributed by atoms with Gasteiger partial charge < -0.3 is 4.98 Å². The summed E-state index contributed by atoms with van der Waals surface area (Å²) < 4.78 is 1.07. The molecule has 0 fully saturated rings. The van der Waals surface area contributed by atoms with Gasteiger partial charge in [-0.25, -0.2) is 4.98 Å². The summed E-state index contributed by atoms with van der Waals surface area (Å²) in [5, 5.41) is 0. The number of H-pyrrole nitrogens is 1. The van der Waals surface area contributed by atoms with Gasteiger partial charge in [-0.3, -0.25) is 0 Å². The molecule has 2 nitrogen and oxygen atoms in total. The zero-order valence-corrected chi connectivity index (χ0v) is 8.80. The fourth-order valence-corrected chi connectivity index (χ4v) is 1.91. The van der Waals surface area contributed by atoms with Crippen LogP contribution in [0.1, 0.15) is 5.56 Å². The Hall–Kier alpha value is -1.09. The van der Waals surface area contributed by atoms with E-state index in [9.17, 15) is 0 Å². The second kappa shape index (κ2) is 3.34. The van der Waals surface area contributed by atoms with E-state index in [1.165, 1.54) is 5.56 Å². The minimum Gasteiger partial charge on any atom is -0.345 e. The third kappa shape index (κ3) is 1.65. The molecule has 0 saturated carbocycles. The molecule has 2 rings (SSSR count). The van der Waals surface area contributed by atoms with Gasteiger partial charge in [0.15, 0.2) is 0 Å². The zero-order chi connectivity index (χ0) is 9.26. The van der Waals surface area contributed by atoms with Crippen molar-refractivity contribution in [1.82, 2.24) is 9.97 Å². The zero-order valence-electron chi connectivity index (χ0n) is 7.21. The van der Waals surface area contributed by atoms with Gasteiger partial charge in [0.2, 0.25) is 0 Å². The molecule has 2 aromatic rings. The Kier molecular flexibility index (Phi) is 2.19. The Bertz CT molecular complexity index is 407. The Morgan fingerprint density at radius 3 is 2.85 bits per heavy atom. The fraction of sp³-hybridized carbons (Fsp3) is 0.100. The van der Waals surface area contributed by atoms with Crippen LogP contribution in [0, 0.1) is 6.92 Å². The molecule has 0 bridgehead atoms. The predicted octanol–water partition coefficient (Wildman–Crippen LogP) is 3.15. The standard InChI is InChI=1S/C10H9BrN2/c1-7-2-3-8(9(11)6-7)10-12-4-5-13-10/h2-6H,1H3,(H,12,13). The second-order valence-electron chi connectivity index (χ2n) is 2.92. The van der Waals surface area contributed by atoms with Gasteiger partial charge in [0.05, 0.1) is 0 Å². The van der Waals surface area contributed by atoms with E-state index in [1.807, 2.05) is 6.20 Å². The molecule has 0 saturated heterocycles. The van der Waals surface area contributed by atoms with Crippen molar-refractivity contribution < 1.29 is 0 Å². The maximum absolute atomic E-state index is 4.19. The number of rotatable bonds is 1. The smallest absolute Gasteiger partial charge is 0.138 e. The molecule has 0 unspecified atom stereocenters. The number of aromatic nitrogens is 2. The number of aromatic amines is 1. The summed E-state index contributed by atoms with van der Waals surface area (Å²) in [6, 6.07) is 6.21. The summed E-state index contributed by atoms with van der Waals surface area (Å²) in [5.41, 5.74) is 2.33. The van der Waals surface area contributed by atoms with Crippen LogP contribution in [0.15, 0.2) is 35.1 Å². The molecule has 1 aromatic heterocycles. The Morgan fingerprint density at radius 2 is 2.23 bits per heavy atom. The van der Waals surface area contributed by atoms with Gasteiger partial charge in [-0.2, -0.15) is 0 Å². The number of imidazole rings is 1. The Balaban J connectivity index is 2.53. The number of hydrogen-bond acceptors (Lipinski definition) is 1. The molecule has 0 amide bonds. The van der Waals surface area contributed by atoms with Crippen molar-refractivity contribution >= 4 is 15.9 Å². The Morgan fingerprint density at radius 1 is 1.38 bits per heavy atom. The first-order valence-electron chi connectivity index (χ1n) is 4.03. The minimum atomic E-state index is 0.895. The Labute approximate surface area is 85.1 Å².